The molecule has 0 spiro atoms. The number of rotatable bonds is 5. The Morgan fingerprint density at radius 1 is 0.970 bits per heavy atom. The molecule has 1 fully saturated rings. The van der Waals surface area contributed by atoms with Crippen molar-refractivity contribution in [3.63, 3.8) is 0 Å². The average molecular weight is 457 g/mol. The normalized spacial score (nSPS) is 17.9. The molecule has 3 heterocycles. The summed E-state index contributed by atoms with van der Waals surface area (Å²) in [5.74, 6) is -0.300. The van der Waals surface area contributed by atoms with Crippen LogP contribution in [0.4, 0.5) is 10.1 Å². The fourth-order valence-corrected chi connectivity index (χ4v) is 5.05. The molecule has 1 aliphatic heterocycles. The van der Waals surface area contributed by atoms with Gasteiger partial charge in [-0.1, -0.05) is 48.5 Å². The Morgan fingerprint density at radius 2 is 1.70 bits per heavy atom. The van der Waals surface area contributed by atoms with Crippen molar-refractivity contribution >= 4 is 23.0 Å². The molecule has 1 saturated heterocycles. The lowest BCUT2D eigenvalue weighted by atomic mass is 9.96. The molecule has 0 bridgehead atoms. The Bertz CT molecular complexity index is 1290. The minimum atomic E-state index is -0.300. The first-order valence-corrected chi connectivity index (χ1v) is 11.4. The monoisotopic (exact) mass is 456 g/mol. The number of nitrogens with zero attached hydrogens (tertiary/aromatic N) is 3. The van der Waals surface area contributed by atoms with E-state index in [0.717, 1.165) is 29.2 Å². The molecular weight excluding hydrogens is 431 g/mol. The number of halogens is 1. The fraction of sp³-hybridized carbons (Fsp3) is 0.185. The molecule has 166 valence electrons. The Labute approximate surface area is 198 Å². The van der Waals surface area contributed by atoms with Crippen molar-refractivity contribution in [1.29, 1.82) is 0 Å². The highest BCUT2D eigenvalue weighted by atomic mass is 32.1. The van der Waals surface area contributed by atoms with E-state index in [1.165, 1.54) is 11.6 Å². The molecule has 0 unspecified atom stereocenters. The number of aryl methyl sites for hydroxylation is 1. The Morgan fingerprint density at radius 3 is 2.42 bits per heavy atom. The Balaban J connectivity index is 1.64. The molecule has 5 rings (SSSR count). The third-order valence-electron chi connectivity index (χ3n) is 6.33. The first-order chi connectivity index (χ1) is 16.0. The van der Waals surface area contributed by atoms with Gasteiger partial charge in [0.15, 0.2) is 5.11 Å². The zero-order valence-electron chi connectivity index (χ0n) is 18.6. The van der Waals surface area contributed by atoms with Gasteiger partial charge in [0.25, 0.3) is 0 Å². The number of hydrogen-bond donors (Lipinski definition) is 1. The predicted molar refractivity (Wildman–Crippen MR) is 134 cm³/mol. The molecular formula is C27H25FN4S. The van der Waals surface area contributed by atoms with Gasteiger partial charge in [0, 0.05) is 24.1 Å². The third kappa shape index (κ3) is 3.91. The van der Waals surface area contributed by atoms with Crippen molar-refractivity contribution in [1.82, 2.24) is 14.9 Å². The predicted octanol–water partition coefficient (Wildman–Crippen LogP) is 5.86. The van der Waals surface area contributed by atoms with Crippen LogP contribution in [0.3, 0.4) is 0 Å². The van der Waals surface area contributed by atoms with E-state index >= 15 is 0 Å². The second-order valence-corrected chi connectivity index (χ2v) is 8.73. The SMILES string of the molecule is Cc1cc([C@@H]2[C@H](c3ccccn3)NC(=S)N2c2ccccc2F)c(C)n1Cc1ccccc1. The Hall–Kier alpha value is -3.51. The summed E-state index contributed by atoms with van der Waals surface area (Å²) in [6.07, 6.45) is 1.78. The number of para-hydroxylation sites is 1. The largest absolute Gasteiger partial charge is 0.351 e. The van der Waals surface area contributed by atoms with Gasteiger partial charge in [-0.3, -0.25) is 4.98 Å². The highest BCUT2D eigenvalue weighted by molar-refractivity contribution is 7.80. The lowest BCUT2D eigenvalue weighted by Crippen LogP contribution is -2.30. The van der Waals surface area contributed by atoms with Crippen LogP contribution >= 0.6 is 12.2 Å². The molecule has 4 aromatic rings. The molecule has 1 aliphatic rings. The number of hydrogen-bond acceptors (Lipinski definition) is 2. The maximum absolute atomic E-state index is 15.0. The van der Waals surface area contributed by atoms with E-state index in [-0.39, 0.29) is 17.9 Å². The van der Waals surface area contributed by atoms with Gasteiger partial charge in [-0.2, -0.15) is 0 Å². The van der Waals surface area contributed by atoms with Gasteiger partial charge in [-0.15, -0.1) is 0 Å². The van der Waals surface area contributed by atoms with Gasteiger partial charge < -0.3 is 14.8 Å². The van der Waals surface area contributed by atoms with Gasteiger partial charge in [0.1, 0.15) is 5.82 Å². The minimum absolute atomic E-state index is 0.205. The van der Waals surface area contributed by atoms with Crippen LogP contribution in [-0.2, 0) is 6.54 Å². The van der Waals surface area contributed by atoms with Gasteiger partial charge in [-0.25, -0.2) is 4.39 Å². The molecule has 1 N–H and O–H groups in total. The summed E-state index contributed by atoms with van der Waals surface area (Å²) < 4.78 is 17.3. The number of pyridine rings is 1. The number of thiocarbonyl (C=S) groups is 1. The van der Waals surface area contributed by atoms with Crippen molar-refractivity contribution in [2.75, 3.05) is 4.90 Å². The zero-order valence-corrected chi connectivity index (χ0v) is 19.4. The van der Waals surface area contributed by atoms with Crippen molar-refractivity contribution in [2.24, 2.45) is 0 Å². The molecule has 0 aliphatic carbocycles. The molecule has 4 nitrogen and oxygen atoms in total. The summed E-state index contributed by atoms with van der Waals surface area (Å²) in [5.41, 5.74) is 5.96. The number of benzene rings is 2. The number of aromatic nitrogens is 2. The molecule has 2 atom stereocenters. The maximum Gasteiger partial charge on any atom is 0.174 e. The van der Waals surface area contributed by atoms with Crippen LogP contribution < -0.4 is 10.2 Å². The Kier molecular flexibility index (Phi) is 5.68. The fourth-order valence-electron chi connectivity index (χ4n) is 4.71. The van der Waals surface area contributed by atoms with Gasteiger partial charge >= 0.3 is 0 Å². The standard InChI is InChI=1S/C27H25FN4S/c1-18-16-21(19(2)31(18)17-20-10-4-3-5-11-20)26-25(23-13-8-9-15-29-23)30-27(33)32(26)24-14-7-6-12-22(24)28/h3-16,25-26H,17H2,1-2H3,(H,30,33)/t25-,26+/m0/s1. The van der Waals surface area contributed by atoms with Crippen molar-refractivity contribution < 1.29 is 4.39 Å². The van der Waals surface area contributed by atoms with E-state index in [0.29, 0.717) is 10.8 Å². The van der Waals surface area contributed by atoms with Gasteiger partial charge in [-0.05, 0) is 67.5 Å². The second kappa shape index (κ2) is 8.79. The van der Waals surface area contributed by atoms with Crippen LogP contribution in [0, 0.1) is 19.7 Å². The third-order valence-corrected chi connectivity index (χ3v) is 6.64. The molecule has 0 radical (unpaired) electrons. The van der Waals surface area contributed by atoms with Crippen LogP contribution in [0.2, 0.25) is 0 Å². The van der Waals surface area contributed by atoms with Crippen LogP contribution in [0.25, 0.3) is 0 Å². The topological polar surface area (TPSA) is 33.1 Å². The van der Waals surface area contributed by atoms with Crippen molar-refractivity contribution in [2.45, 2.75) is 32.5 Å². The second-order valence-electron chi connectivity index (χ2n) is 8.35. The summed E-state index contributed by atoms with van der Waals surface area (Å²) in [5, 5.41) is 3.91. The van der Waals surface area contributed by atoms with Gasteiger partial charge in [0.2, 0.25) is 0 Å². The van der Waals surface area contributed by atoms with Crippen LogP contribution in [0.5, 0.6) is 0 Å². The smallest absolute Gasteiger partial charge is 0.174 e. The first-order valence-electron chi connectivity index (χ1n) is 11.0. The van der Waals surface area contributed by atoms with Crippen LogP contribution in [0.15, 0.2) is 85.1 Å². The molecule has 0 saturated carbocycles. The highest BCUT2D eigenvalue weighted by Crippen LogP contribution is 2.43. The zero-order chi connectivity index (χ0) is 22.9. The lowest BCUT2D eigenvalue weighted by Gasteiger charge is -2.28. The maximum atomic E-state index is 15.0. The van der Waals surface area contributed by atoms with Gasteiger partial charge in [0.05, 0.1) is 23.5 Å². The molecule has 0 amide bonds. The minimum Gasteiger partial charge on any atom is -0.351 e. The van der Waals surface area contributed by atoms with E-state index in [1.807, 2.05) is 35.2 Å². The summed E-state index contributed by atoms with van der Waals surface area (Å²) in [7, 11) is 0. The quantitative estimate of drug-likeness (QED) is 0.381. The molecule has 2 aromatic heterocycles. The highest BCUT2D eigenvalue weighted by Gasteiger charge is 2.43. The van der Waals surface area contributed by atoms with Crippen LogP contribution in [-0.4, -0.2) is 14.7 Å². The molecule has 6 heteroatoms. The van der Waals surface area contributed by atoms with E-state index in [4.69, 9.17) is 12.2 Å². The summed E-state index contributed by atoms with van der Waals surface area (Å²) in [4.78, 5) is 6.50. The van der Waals surface area contributed by atoms with E-state index < -0.39 is 0 Å². The molecule has 2 aromatic carbocycles. The number of anilines is 1. The summed E-state index contributed by atoms with van der Waals surface area (Å²) >= 11 is 5.74. The van der Waals surface area contributed by atoms with E-state index in [2.05, 4.69) is 59.0 Å². The van der Waals surface area contributed by atoms with Crippen molar-refractivity contribution in [3.8, 4) is 0 Å². The lowest BCUT2D eigenvalue weighted by molar-refractivity contribution is 0.554. The van der Waals surface area contributed by atoms with E-state index in [1.54, 1.807) is 18.3 Å². The van der Waals surface area contributed by atoms with E-state index in [9.17, 15) is 4.39 Å². The average Bonchev–Trinajstić information content (AvgIpc) is 3.31. The van der Waals surface area contributed by atoms with Crippen molar-refractivity contribution in [3.05, 3.63) is 119 Å². The summed E-state index contributed by atoms with van der Waals surface area (Å²) in [6, 6.07) is 24.8. The van der Waals surface area contributed by atoms with Crippen LogP contribution in [0.1, 0.15) is 40.3 Å². The summed E-state index contributed by atoms with van der Waals surface area (Å²) in [6.45, 7) is 5.02. The number of nitrogens with one attached hydrogen (secondary N) is 1. The first kappa shape index (κ1) is 21.3. The molecule has 33 heavy (non-hydrogen) atoms.